The molecule has 0 bridgehead atoms. The highest BCUT2D eigenvalue weighted by molar-refractivity contribution is 5.99. The molecule has 2 aromatic heterocycles. The molecule has 1 aromatic carbocycles. The number of nitrogens with zero attached hydrogens (tertiary/aromatic N) is 4. The molecule has 0 saturated carbocycles. The van der Waals surface area contributed by atoms with Crippen LogP contribution in [0.4, 0.5) is 0 Å². The summed E-state index contributed by atoms with van der Waals surface area (Å²) < 4.78 is 13.5. The average molecular weight is 510 g/mol. The smallest absolute Gasteiger partial charge is 0.255 e. The van der Waals surface area contributed by atoms with Crippen molar-refractivity contribution in [3.8, 4) is 5.75 Å². The number of carbonyl (C=O) groups is 2. The second-order valence-corrected chi connectivity index (χ2v) is 10.9. The van der Waals surface area contributed by atoms with Gasteiger partial charge in [-0.25, -0.2) is 4.98 Å². The Morgan fingerprint density at radius 1 is 1.19 bits per heavy atom. The standard InChI is InChI=1S/C28H39N5O4/c1-18(2)13-22(27(35)32(7)16-20-14-30-33(8)19(20)3)31-26(34)21-11-9-10-12-23(21)36-17-25-29-15-24(37-25)28(4,5)6/h9-12,14-15,18,22H,13,16-17H2,1-8H3,(H,31,34)/t22-/m1/s1. The third kappa shape index (κ3) is 7.21. The van der Waals surface area contributed by atoms with Crippen LogP contribution in [0.25, 0.3) is 0 Å². The van der Waals surface area contributed by atoms with Crippen molar-refractivity contribution < 1.29 is 18.7 Å². The summed E-state index contributed by atoms with van der Waals surface area (Å²) in [7, 11) is 3.61. The Hall–Kier alpha value is -3.62. The van der Waals surface area contributed by atoms with E-state index in [1.807, 2.05) is 48.6 Å². The minimum Gasteiger partial charge on any atom is -0.483 e. The fourth-order valence-electron chi connectivity index (χ4n) is 3.87. The number of aryl methyl sites for hydroxylation is 1. The maximum absolute atomic E-state index is 13.4. The SMILES string of the molecule is Cc1c(CN(C)C(=O)[C@@H](CC(C)C)NC(=O)c2ccccc2OCc2ncc(C(C)(C)C)o2)cnn1C. The number of nitrogens with one attached hydrogen (secondary N) is 1. The summed E-state index contributed by atoms with van der Waals surface area (Å²) in [5.41, 5.74) is 2.14. The third-order valence-electron chi connectivity index (χ3n) is 6.21. The Bertz CT molecular complexity index is 1220. The Kier molecular flexibility index (Phi) is 8.78. The molecule has 200 valence electrons. The van der Waals surface area contributed by atoms with Gasteiger partial charge in [-0.15, -0.1) is 0 Å². The van der Waals surface area contributed by atoms with Crippen LogP contribution in [0.3, 0.4) is 0 Å². The molecule has 0 aliphatic rings. The first-order valence-electron chi connectivity index (χ1n) is 12.6. The van der Waals surface area contributed by atoms with Gasteiger partial charge < -0.3 is 19.4 Å². The van der Waals surface area contributed by atoms with Gasteiger partial charge in [0.25, 0.3) is 5.91 Å². The van der Waals surface area contributed by atoms with Gasteiger partial charge >= 0.3 is 0 Å². The van der Waals surface area contributed by atoms with Crippen molar-refractivity contribution in [3.63, 3.8) is 0 Å². The molecule has 0 aliphatic carbocycles. The van der Waals surface area contributed by atoms with Crippen molar-refractivity contribution in [1.29, 1.82) is 0 Å². The summed E-state index contributed by atoms with van der Waals surface area (Å²) in [6.45, 7) is 12.6. The number of amides is 2. The Balaban J connectivity index is 1.72. The van der Waals surface area contributed by atoms with Crippen LogP contribution in [0, 0.1) is 12.8 Å². The number of ether oxygens (including phenoxy) is 1. The molecule has 2 amide bonds. The first kappa shape index (κ1) is 28.0. The molecular formula is C28H39N5O4. The first-order chi connectivity index (χ1) is 17.4. The lowest BCUT2D eigenvalue weighted by atomic mass is 9.94. The van der Waals surface area contributed by atoms with E-state index in [-0.39, 0.29) is 29.8 Å². The molecule has 1 N–H and O–H groups in total. The number of carbonyl (C=O) groups excluding carboxylic acids is 2. The van der Waals surface area contributed by atoms with Crippen LogP contribution in [0.15, 0.2) is 41.1 Å². The third-order valence-corrected chi connectivity index (χ3v) is 6.21. The van der Waals surface area contributed by atoms with Gasteiger partial charge in [-0.1, -0.05) is 46.8 Å². The van der Waals surface area contributed by atoms with Gasteiger partial charge in [0.05, 0.1) is 18.0 Å². The molecule has 0 spiro atoms. The number of likely N-dealkylation sites (N-methyl/N-ethyl adjacent to an activating group) is 1. The molecule has 3 rings (SSSR count). The van der Waals surface area contributed by atoms with Crippen molar-refractivity contribution >= 4 is 11.8 Å². The zero-order chi connectivity index (χ0) is 27.3. The lowest BCUT2D eigenvalue weighted by Crippen LogP contribution is -2.47. The zero-order valence-corrected chi connectivity index (χ0v) is 23.2. The van der Waals surface area contributed by atoms with E-state index in [2.05, 4.69) is 15.4 Å². The van der Waals surface area contributed by atoms with E-state index in [0.29, 0.717) is 30.2 Å². The number of benzene rings is 1. The highest BCUT2D eigenvalue weighted by Crippen LogP contribution is 2.24. The summed E-state index contributed by atoms with van der Waals surface area (Å²) in [6, 6.07) is 6.28. The summed E-state index contributed by atoms with van der Waals surface area (Å²) in [5.74, 6) is 1.27. The zero-order valence-electron chi connectivity index (χ0n) is 23.2. The topological polar surface area (TPSA) is 102 Å². The monoisotopic (exact) mass is 509 g/mol. The number of para-hydroxylation sites is 1. The van der Waals surface area contributed by atoms with Crippen molar-refractivity contribution in [1.82, 2.24) is 25.0 Å². The Morgan fingerprint density at radius 2 is 1.89 bits per heavy atom. The fourth-order valence-corrected chi connectivity index (χ4v) is 3.87. The minimum atomic E-state index is -0.677. The summed E-state index contributed by atoms with van der Waals surface area (Å²) in [5, 5.41) is 7.20. The molecule has 37 heavy (non-hydrogen) atoms. The van der Waals surface area contributed by atoms with Crippen LogP contribution in [0.5, 0.6) is 5.75 Å². The van der Waals surface area contributed by atoms with Gasteiger partial charge in [0, 0.05) is 37.3 Å². The number of aromatic nitrogens is 3. The lowest BCUT2D eigenvalue weighted by Gasteiger charge is -2.26. The molecule has 1 atom stereocenters. The predicted molar refractivity (Wildman–Crippen MR) is 141 cm³/mol. The van der Waals surface area contributed by atoms with Crippen molar-refractivity contribution in [3.05, 3.63) is 65.1 Å². The van der Waals surface area contributed by atoms with E-state index in [0.717, 1.165) is 17.0 Å². The summed E-state index contributed by atoms with van der Waals surface area (Å²) in [6.07, 6.45) is 3.97. The number of oxazole rings is 1. The van der Waals surface area contributed by atoms with Crippen LogP contribution in [-0.4, -0.2) is 44.6 Å². The molecule has 0 saturated heterocycles. The highest BCUT2D eigenvalue weighted by Gasteiger charge is 2.27. The number of hydrogen-bond acceptors (Lipinski definition) is 6. The van der Waals surface area contributed by atoms with Crippen molar-refractivity contribution in [2.24, 2.45) is 13.0 Å². The normalized spacial score (nSPS) is 12.5. The first-order valence-corrected chi connectivity index (χ1v) is 12.6. The van der Waals surface area contributed by atoms with Gasteiger partial charge in [-0.2, -0.15) is 5.10 Å². The molecule has 9 heteroatoms. The van der Waals surface area contributed by atoms with Gasteiger partial charge in [-0.05, 0) is 31.4 Å². The van der Waals surface area contributed by atoms with Crippen LogP contribution < -0.4 is 10.1 Å². The van der Waals surface area contributed by atoms with Gasteiger partial charge in [0.2, 0.25) is 11.8 Å². The molecule has 0 fully saturated rings. The maximum atomic E-state index is 13.4. The van der Waals surface area contributed by atoms with Crippen LogP contribution in [0.2, 0.25) is 0 Å². The van der Waals surface area contributed by atoms with Crippen LogP contribution in [0.1, 0.15) is 74.3 Å². The molecule has 0 unspecified atom stereocenters. The number of hydrogen-bond donors (Lipinski definition) is 1. The van der Waals surface area contributed by atoms with E-state index in [4.69, 9.17) is 9.15 Å². The maximum Gasteiger partial charge on any atom is 0.255 e. The molecule has 2 heterocycles. The van der Waals surface area contributed by atoms with E-state index >= 15 is 0 Å². The van der Waals surface area contributed by atoms with E-state index < -0.39 is 6.04 Å². The molecule has 3 aromatic rings. The van der Waals surface area contributed by atoms with Gasteiger partial charge in [0.15, 0.2) is 6.61 Å². The average Bonchev–Trinajstić information content (AvgIpc) is 3.44. The summed E-state index contributed by atoms with van der Waals surface area (Å²) in [4.78, 5) is 32.6. The Labute approximate surface area is 219 Å². The highest BCUT2D eigenvalue weighted by atomic mass is 16.5. The van der Waals surface area contributed by atoms with Gasteiger partial charge in [-0.3, -0.25) is 14.3 Å². The quantitative estimate of drug-likeness (QED) is 0.435. The molecule has 0 radical (unpaired) electrons. The minimum absolute atomic E-state index is 0.0852. The fraction of sp³-hybridized carbons (Fsp3) is 0.500. The van der Waals surface area contributed by atoms with Crippen LogP contribution >= 0.6 is 0 Å². The predicted octanol–water partition coefficient (Wildman–Crippen LogP) is 4.40. The van der Waals surface area contributed by atoms with Gasteiger partial charge in [0.1, 0.15) is 17.6 Å². The Morgan fingerprint density at radius 3 is 2.49 bits per heavy atom. The van der Waals surface area contributed by atoms with E-state index in [1.165, 1.54) is 0 Å². The van der Waals surface area contributed by atoms with Crippen molar-refractivity contribution in [2.75, 3.05) is 7.05 Å². The van der Waals surface area contributed by atoms with Crippen molar-refractivity contribution in [2.45, 2.75) is 72.6 Å². The number of rotatable bonds is 10. The van der Waals surface area contributed by atoms with Crippen LogP contribution in [-0.2, 0) is 30.4 Å². The summed E-state index contributed by atoms with van der Waals surface area (Å²) >= 11 is 0. The largest absolute Gasteiger partial charge is 0.483 e. The lowest BCUT2D eigenvalue weighted by molar-refractivity contribution is -0.132. The van der Waals surface area contributed by atoms with E-state index in [1.54, 1.807) is 53.3 Å². The molecule has 9 nitrogen and oxygen atoms in total. The van der Waals surface area contributed by atoms with E-state index in [9.17, 15) is 9.59 Å². The second kappa shape index (κ2) is 11.6. The molecule has 0 aliphatic heterocycles. The molecular weight excluding hydrogens is 470 g/mol. The second-order valence-electron chi connectivity index (χ2n) is 10.9.